The molecule has 1 aliphatic rings. The Bertz CT molecular complexity index is 307. The summed E-state index contributed by atoms with van der Waals surface area (Å²) in [5.41, 5.74) is 0. The van der Waals surface area contributed by atoms with Crippen LogP contribution < -0.4 is 5.32 Å². The highest BCUT2D eigenvalue weighted by Gasteiger charge is 2.29. The molecule has 3 unspecified atom stereocenters. The van der Waals surface area contributed by atoms with Crippen molar-refractivity contribution in [3.8, 4) is 0 Å². The molecule has 1 aliphatic carbocycles. The van der Waals surface area contributed by atoms with E-state index in [1.165, 1.54) is 37.0 Å². The molecule has 0 bridgehead atoms. The molecule has 0 amide bonds. The molecule has 0 aliphatic heterocycles. The van der Waals surface area contributed by atoms with Crippen LogP contribution in [0.3, 0.4) is 0 Å². The maximum atomic E-state index is 3.71. The zero-order valence-electron chi connectivity index (χ0n) is 11.1. The molecule has 0 saturated heterocycles. The Morgan fingerprint density at radius 3 is 2.88 bits per heavy atom. The zero-order chi connectivity index (χ0) is 12.1. The van der Waals surface area contributed by atoms with Gasteiger partial charge in [0.25, 0.3) is 0 Å². The monoisotopic (exact) mass is 251 g/mol. The zero-order valence-corrected chi connectivity index (χ0v) is 11.9. The maximum Gasteiger partial charge on any atom is 0.0144 e. The Labute approximate surface area is 110 Å². The van der Waals surface area contributed by atoms with Gasteiger partial charge in [-0.05, 0) is 49.1 Å². The maximum absolute atomic E-state index is 3.71. The van der Waals surface area contributed by atoms with Gasteiger partial charge < -0.3 is 5.32 Å². The molecule has 2 rings (SSSR count). The summed E-state index contributed by atoms with van der Waals surface area (Å²) in [6.45, 7) is 5.67. The van der Waals surface area contributed by atoms with Crippen LogP contribution in [0.2, 0.25) is 0 Å². The summed E-state index contributed by atoms with van der Waals surface area (Å²) < 4.78 is 0. The van der Waals surface area contributed by atoms with Crippen LogP contribution >= 0.6 is 11.3 Å². The summed E-state index contributed by atoms with van der Waals surface area (Å²) in [5, 5.41) is 5.91. The number of nitrogens with one attached hydrogen (secondary N) is 1. The molecule has 1 fully saturated rings. The van der Waals surface area contributed by atoms with Gasteiger partial charge in [-0.3, -0.25) is 0 Å². The Morgan fingerprint density at radius 2 is 2.29 bits per heavy atom. The van der Waals surface area contributed by atoms with Gasteiger partial charge in [0.2, 0.25) is 0 Å². The molecule has 0 aromatic carbocycles. The van der Waals surface area contributed by atoms with E-state index >= 15 is 0 Å². The molecule has 3 atom stereocenters. The molecule has 1 nitrogen and oxygen atoms in total. The van der Waals surface area contributed by atoms with Crippen LogP contribution in [0.25, 0.3) is 0 Å². The fourth-order valence-corrected chi connectivity index (χ4v) is 3.93. The van der Waals surface area contributed by atoms with Crippen LogP contribution in [-0.2, 0) is 6.42 Å². The van der Waals surface area contributed by atoms with Crippen molar-refractivity contribution in [2.75, 3.05) is 6.54 Å². The van der Waals surface area contributed by atoms with Crippen molar-refractivity contribution in [3.63, 3.8) is 0 Å². The van der Waals surface area contributed by atoms with Crippen molar-refractivity contribution in [3.05, 3.63) is 22.4 Å². The summed E-state index contributed by atoms with van der Waals surface area (Å²) in [4.78, 5) is 1.54. The third-order valence-electron chi connectivity index (χ3n) is 4.20. The first-order valence-corrected chi connectivity index (χ1v) is 7.97. The van der Waals surface area contributed by atoms with E-state index in [0.717, 1.165) is 18.4 Å². The number of hydrogen-bond acceptors (Lipinski definition) is 2. The van der Waals surface area contributed by atoms with Crippen LogP contribution in [0.15, 0.2) is 17.5 Å². The number of hydrogen-bond donors (Lipinski definition) is 1. The molecule has 1 heterocycles. The third kappa shape index (κ3) is 3.56. The number of rotatable bonds is 6. The van der Waals surface area contributed by atoms with Gasteiger partial charge >= 0.3 is 0 Å². The lowest BCUT2D eigenvalue weighted by molar-refractivity contribution is 0.350. The SMILES string of the molecule is CCNC(Cc1cccs1)C1CCC(CC)C1. The molecular formula is C15H25NS. The Kier molecular flexibility index (Phi) is 5.05. The average Bonchev–Trinajstić information content (AvgIpc) is 2.99. The van der Waals surface area contributed by atoms with E-state index in [2.05, 4.69) is 36.7 Å². The molecule has 1 aromatic rings. The Hall–Kier alpha value is -0.340. The minimum absolute atomic E-state index is 0.704. The second-order valence-electron chi connectivity index (χ2n) is 5.30. The van der Waals surface area contributed by atoms with Gasteiger partial charge in [0.1, 0.15) is 0 Å². The van der Waals surface area contributed by atoms with E-state index in [9.17, 15) is 0 Å². The lowest BCUT2D eigenvalue weighted by atomic mass is 9.93. The van der Waals surface area contributed by atoms with Crippen LogP contribution in [0, 0.1) is 11.8 Å². The number of likely N-dealkylation sites (N-methyl/N-ethyl adjacent to an activating group) is 1. The van der Waals surface area contributed by atoms with Gasteiger partial charge in [0, 0.05) is 10.9 Å². The smallest absolute Gasteiger partial charge is 0.0144 e. The molecule has 1 aromatic heterocycles. The number of thiophene rings is 1. The van der Waals surface area contributed by atoms with Crippen molar-refractivity contribution in [2.24, 2.45) is 11.8 Å². The molecule has 2 heteroatoms. The van der Waals surface area contributed by atoms with Gasteiger partial charge in [-0.15, -0.1) is 11.3 Å². The summed E-state index contributed by atoms with van der Waals surface area (Å²) in [6.07, 6.45) is 6.93. The van der Waals surface area contributed by atoms with Gasteiger partial charge in [0.05, 0.1) is 0 Å². The van der Waals surface area contributed by atoms with Crippen LogP contribution in [0.1, 0.15) is 44.4 Å². The minimum Gasteiger partial charge on any atom is -0.314 e. The molecule has 96 valence electrons. The van der Waals surface area contributed by atoms with Crippen molar-refractivity contribution in [2.45, 2.75) is 52.0 Å². The Balaban J connectivity index is 1.92. The summed E-state index contributed by atoms with van der Waals surface area (Å²) in [6, 6.07) is 5.16. The quantitative estimate of drug-likeness (QED) is 0.803. The van der Waals surface area contributed by atoms with Gasteiger partial charge in [0.15, 0.2) is 0 Å². The third-order valence-corrected chi connectivity index (χ3v) is 5.09. The van der Waals surface area contributed by atoms with E-state index < -0.39 is 0 Å². The second kappa shape index (κ2) is 6.55. The molecule has 1 N–H and O–H groups in total. The molecule has 17 heavy (non-hydrogen) atoms. The predicted molar refractivity (Wildman–Crippen MR) is 76.6 cm³/mol. The van der Waals surface area contributed by atoms with E-state index in [1.807, 2.05) is 11.3 Å². The van der Waals surface area contributed by atoms with Crippen LogP contribution in [0.5, 0.6) is 0 Å². The highest BCUT2D eigenvalue weighted by molar-refractivity contribution is 7.09. The predicted octanol–water partition coefficient (Wildman–Crippen LogP) is 4.10. The van der Waals surface area contributed by atoms with E-state index in [4.69, 9.17) is 0 Å². The fraction of sp³-hybridized carbons (Fsp3) is 0.733. The van der Waals surface area contributed by atoms with Crippen LogP contribution in [0.4, 0.5) is 0 Å². The Morgan fingerprint density at radius 1 is 1.41 bits per heavy atom. The topological polar surface area (TPSA) is 12.0 Å². The molecule has 1 saturated carbocycles. The summed E-state index contributed by atoms with van der Waals surface area (Å²) in [5.74, 6) is 1.89. The highest BCUT2D eigenvalue weighted by atomic mass is 32.1. The first-order valence-electron chi connectivity index (χ1n) is 7.09. The lowest BCUT2D eigenvalue weighted by Crippen LogP contribution is -2.36. The largest absolute Gasteiger partial charge is 0.314 e. The van der Waals surface area contributed by atoms with E-state index in [0.29, 0.717) is 6.04 Å². The first kappa shape index (κ1) is 13.1. The molecular weight excluding hydrogens is 226 g/mol. The minimum atomic E-state index is 0.704. The van der Waals surface area contributed by atoms with Gasteiger partial charge in [-0.2, -0.15) is 0 Å². The van der Waals surface area contributed by atoms with Crippen LogP contribution in [-0.4, -0.2) is 12.6 Å². The highest BCUT2D eigenvalue weighted by Crippen LogP contribution is 2.36. The van der Waals surface area contributed by atoms with Gasteiger partial charge in [-0.1, -0.05) is 32.8 Å². The van der Waals surface area contributed by atoms with Crippen molar-refractivity contribution in [1.29, 1.82) is 0 Å². The van der Waals surface area contributed by atoms with Crippen molar-refractivity contribution >= 4 is 11.3 Å². The van der Waals surface area contributed by atoms with Gasteiger partial charge in [-0.25, -0.2) is 0 Å². The van der Waals surface area contributed by atoms with E-state index in [1.54, 1.807) is 0 Å². The lowest BCUT2D eigenvalue weighted by Gasteiger charge is -2.24. The second-order valence-corrected chi connectivity index (χ2v) is 6.33. The normalized spacial score (nSPS) is 26.2. The standard InChI is InChI=1S/C15H25NS/c1-3-12-7-8-13(10-12)15(16-4-2)11-14-6-5-9-17-14/h5-6,9,12-13,15-16H,3-4,7-8,10-11H2,1-2H3. The first-order chi connectivity index (χ1) is 8.33. The van der Waals surface area contributed by atoms with Crippen molar-refractivity contribution in [1.82, 2.24) is 5.32 Å². The fourth-order valence-electron chi connectivity index (χ4n) is 3.16. The molecule has 0 spiro atoms. The van der Waals surface area contributed by atoms with Crippen molar-refractivity contribution < 1.29 is 0 Å². The summed E-state index contributed by atoms with van der Waals surface area (Å²) in [7, 11) is 0. The van der Waals surface area contributed by atoms with E-state index in [-0.39, 0.29) is 0 Å². The summed E-state index contributed by atoms with van der Waals surface area (Å²) >= 11 is 1.90. The molecule has 0 radical (unpaired) electrons. The average molecular weight is 251 g/mol.